The van der Waals surface area contributed by atoms with E-state index in [0.29, 0.717) is 13.0 Å². The summed E-state index contributed by atoms with van der Waals surface area (Å²) in [5.74, 6) is -1.14. The Bertz CT molecular complexity index is 414. The number of carbonyl (C=O) groups is 2. The van der Waals surface area contributed by atoms with Gasteiger partial charge in [0.15, 0.2) is 5.78 Å². The Labute approximate surface area is 111 Å². The van der Waals surface area contributed by atoms with E-state index in [9.17, 15) is 9.59 Å². The van der Waals surface area contributed by atoms with E-state index in [0.717, 1.165) is 17.1 Å². The van der Waals surface area contributed by atoms with Crippen molar-refractivity contribution in [2.75, 3.05) is 6.61 Å². The lowest BCUT2D eigenvalue weighted by Crippen LogP contribution is -2.27. The molecule has 0 fully saturated rings. The fourth-order valence-electron chi connectivity index (χ4n) is 1.73. The Morgan fingerprint density at radius 1 is 1.44 bits per heavy atom. The third-order valence-electron chi connectivity index (χ3n) is 2.56. The fraction of sp³-hybridized carbons (Fsp3) is 0.615. The zero-order valence-corrected chi connectivity index (χ0v) is 11.9. The lowest BCUT2D eigenvalue weighted by Gasteiger charge is -2.12. The summed E-state index contributed by atoms with van der Waals surface area (Å²) in [4.78, 5) is 28.0. The molecule has 18 heavy (non-hydrogen) atoms. The molecule has 1 aromatic heterocycles. The van der Waals surface area contributed by atoms with Gasteiger partial charge in [0.25, 0.3) is 0 Å². The highest BCUT2D eigenvalue weighted by Crippen LogP contribution is 2.15. The van der Waals surface area contributed by atoms with Gasteiger partial charge in [0.05, 0.1) is 23.7 Å². The first-order chi connectivity index (χ1) is 8.58. The van der Waals surface area contributed by atoms with E-state index in [-0.39, 0.29) is 12.2 Å². The molecule has 0 aromatic carbocycles. The molecule has 0 bridgehead atoms. The Kier molecular flexibility index (Phi) is 5.98. The van der Waals surface area contributed by atoms with Crippen LogP contribution in [0.2, 0.25) is 0 Å². The van der Waals surface area contributed by atoms with Gasteiger partial charge in [0, 0.05) is 5.38 Å². The second kappa shape index (κ2) is 7.26. The highest BCUT2D eigenvalue weighted by Gasteiger charge is 2.27. The number of ketones is 1. The minimum atomic E-state index is -0.642. The number of rotatable bonds is 7. The Hall–Kier alpha value is -1.23. The number of aromatic nitrogens is 1. The molecule has 1 heterocycles. The standard InChI is InChI=1S/C13H19NO3S/c1-4-6-11(13(16)17-5-2)12(15)7-10-8-18-9(3)14-10/h8,11H,4-7H2,1-3H3. The average molecular weight is 269 g/mol. The highest BCUT2D eigenvalue weighted by molar-refractivity contribution is 7.09. The summed E-state index contributed by atoms with van der Waals surface area (Å²) in [5.41, 5.74) is 0.743. The van der Waals surface area contributed by atoms with E-state index in [1.165, 1.54) is 11.3 Å². The Morgan fingerprint density at radius 3 is 2.67 bits per heavy atom. The van der Waals surface area contributed by atoms with E-state index in [4.69, 9.17) is 4.74 Å². The van der Waals surface area contributed by atoms with Crippen LogP contribution in [0, 0.1) is 12.8 Å². The van der Waals surface area contributed by atoms with Gasteiger partial charge in [-0.2, -0.15) is 0 Å². The highest BCUT2D eigenvalue weighted by atomic mass is 32.1. The van der Waals surface area contributed by atoms with E-state index < -0.39 is 11.9 Å². The van der Waals surface area contributed by atoms with Gasteiger partial charge in [-0.05, 0) is 20.3 Å². The SMILES string of the molecule is CCCC(C(=O)Cc1csc(C)n1)C(=O)OCC. The summed E-state index contributed by atoms with van der Waals surface area (Å²) in [6.07, 6.45) is 1.54. The molecule has 4 nitrogen and oxygen atoms in total. The summed E-state index contributed by atoms with van der Waals surface area (Å²) >= 11 is 1.51. The predicted octanol–water partition coefficient (Wildman–Crippen LogP) is 2.54. The van der Waals surface area contributed by atoms with Crippen molar-refractivity contribution in [1.82, 2.24) is 4.98 Å². The Morgan fingerprint density at radius 2 is 2.17 bits per heavy atom. The van der Waals surface area contributed by atoms with Gasteiger partial charge in [0.2, 0.25) is 0 Å². The van der Waals surface area contributed by atoms with E-state index in [1.807, 2.05) is 19.2 Å². The molecule has 1 rings (SSSR count). The second-order valence-electron chi connectivity index (χ2n) is 4.09. The van der Waals surface area contributed by atoms with Crippen molar-refractivity contribution in [3.05, 3.63) is 16.1 Å². The number of ether oxygens (including phenoxy) is 1. The molecule has 100 valence electrons. The molecule has 1 aromatic rings. The molecule has 1 atom stereocenters. The zero-order valence-electron chi connectivity index (χ0n) is 11.1. The number of esters is 1. The lowest BCUT2D eigenvalue weighted by atomic mass is 9.96. The normalized spacial score (nSPS) is 12.2. The maximum absolute atomic E-state index is 12.1. The smallest absolute Gasteiger partial charge is 0.316 e. The van der Waals surface area contributed by atoms with Crippen LogP contribution in [0.15, 0.2) is 5.38 Å². The third-order valence-corrected chi connectivity index (χ3v) is 3.38. The molecule has 0 aliphatic heterocycles. The molecule has 0 N–H and O–H groups in total. The maximum Gasteiger partial charge on any atom is 0.316 e. The predicted molar refractivity (Wildman–Crippen MR) is 70.6 cm³/mol. The van der Waals surface area contributed by atoms with Crippen LogP contribution in [-0.4, -0.2) is 23.3 Å². The summed E-state index contributed by atoms with van der Waals surface area (Å²) in [7, 11) is 0. The molecule has 0 spiro atoms. The van der Waals surface area contributed by atoms with Crippen LogP contribution in [0.3, 0.4) is 0 Å². The van der Waals surface area contributed by atoms with Crippen molar-refractivity contribution < 1.29 is 14.3 Å². The molecule has 0 aliphatic rings. The number of carbonyl (C=O) groups excluding carboxylic acids is 2. The van der Waals surface area contributed by atoms with Crippen molar-refractivity contribution in [1.29, 1.82) is 0 Å². The van der Waals surface area contributed by atoms with Crippen molar-refractivity contribution >= 4 is 23.1 Å². The molecule has 0 amide bonds. The average Bonchev–Trinajstić information content (AvgIpc) is 2.71. The largest absolute Gasteiger partial charge is 0.465 e. The van der Waals surface area contributed by atoms with E-state index in [2.05, 4.69) is 4.98 Å². The number of Topliss-reactive ketones (excluding diaryl/α,β-unsaturated/α-hetero) is 1. The summed E-state index contributed by atoms with van der Waals surface area (Å²) < 4.78 is 4.94. The van der Waals surface area contributed by atoms with Crippen molar-refractivity contribution in [3.63, 3.8) is 0 Å². The first kappa shape index (κ1) is 14.8. The number of nitrogens with zero attached hydrogens (tertiary/aromatic N) is 1. The van der Waals surface area contributed by atoms with Crippen molar-refractivity contribution in [2.24, 2.45) is 5.92 Å². The van der Waals surface area contributed by atoms with Crippen molar-refractivity contribution in [3.8, 4) is 0 Å². The van der Waals surface area contributed by atoms with Crippen LogP contribution in [0.4, 0.5) is 0 Å². The first-order valence-electron chi connectivity index (χ1n) is 6.18. The molecular formula is C13H19NO3S. The van der Waals surface area contributed by atoms with Gasteiger partial charge in [0.1, 0.15) is 5.92 Å². The van der Waals surface area contributed by atoms with E-state index in [1.54, 1.807) is 6.92 Å². The zero-order chi connectivity index (χ0) is 13.5. The lowest BCUT2D eigenvalue weighted by molar-refractivity contribution is -0.151. The quantitative estimate of drug-likeness (QED) is 0.564. The maximum atomic E-state index is 12.1. The van der Waals surface area contributed by atoms with Crippen LogP contribution in [-0.2, 0) is 20.7 Å². The van der Waals surface area contributed by atoms with Crippen LogP contribution < -0.4 is 0 Å². The summed E-state index contributed by atoms with van der Waals surface area (Å²) in [6, 6.07) is 0. The van der Waals surface area contributed by atoms with Crippen LogP contribution >= 0.6 is 11.3 Å². The molecule has 5 heteroatoms. The molecule has 1 unspecified atom stereocenters. The van der Waals surface area contributed by atoms with Gasteiger partial charge >= 0.3 is 5.97 Å². The van der Waals surface area contributed by atoms with Gasteiger partial charge in [-0.1, -0.05) is 13.3 Å². The van der Waals surface area contributed by atoms with Crippen LogP contribution in [0.1, 0.15) is 37.4 Å². The third kappa shape index (κ3) is 4.22. The van der Waals surface area contributed by atoms with Gasteiger partial charge in [-0.3, -0.25) is 9.59 Å². The fourth-order valence-corrected chi connectivity index (χ4v) is 2.35. The van der Waals surface area contributed by atoms with Crippen LogP contribution in [0.5, 0.6) is 0 Å². The number of thiazole rings is 1. The van der Waals surface area contributed by atoms with Crippen molar-refractivity contribution in [2.45, 2.75) is 40.0 Å². The summed E-state index contributed by atoms with van der Waals surface area (Å²) in [6.45, 7) is 5.90. The second-order valence-corrected chi connectivity index (χ2v) is 5.16. The Balaban J connectivity index is 2.67. The number of aryl methyl sites for hydroxylation is 1. The topological polar surface area (TPSA) is 56.3 Å². The number of hydrogen-bond donors (Lipinski definition) is 0. The van der Waals surface area contributed by atoms with Gasteiger partial charge in [-0.15, -0.1) is 11.3 Å². The molecule has 0 saturated carbocycles. The van der Waals surface area contributed by atoms with Crippen LogP contribution in [0.25, 0.3) is 0 Å². The minimum absolute atomic E-state index is 0.0967. The summed E-state index contributed by atoms with van der Waals surface area (Å²) in [5, 5.41) is 2.79. The van der Waals surface area contributed by atoms with E-state index >= 15 is 0 Å². The first-order valence-corrected chi connectivity index (χ1v) is 7.06. The molecule has 0 saturated heterocycles. The molecule has 0 radical (unpaired) electrons. The molecular weight excluding hydrogens is 250 g/mol. The minimum Gasteiger partial charge on any atom is -0.465 e. The monoisotopic (exact) mass is 269 g/mol. The van der Waals surface area contributed by atoms with Gasteiger partial charge in [-0.25, -0.2) is 4.98 Å². The molecule has 0 aliphatic carbocycles. The number of hydrogen-bond acceptors (Lipinski definition) is 5. The van der Waals surface area contributed by atoms with Gasteiger partial charge < -0.3 is 4.74 Å².